The maximum Gasteiger partial charge on any atom is 0.253 e. The van der Waals surface area contributed by atoms with Gasteiger partial charge in [0.25, 0.3) is 5.91 Å². The Morgan fingerprint density at radius 1 is 1.21 bits per heavy atom. The van der Waals surface area contributed by atoms with Crippen molar-refractivity contribution in [1.82, 2.24) is 15.2 Å². The molecule has 1 N–H and O–H groups in total. The molecule has 29 heavy (non-hydrogen) atoms. The van der Waals surface area contributed by atoms with Crippen molar-refractivity contribution in [3.63, 3.8) is 0 Å². The Balaban J connectivity index is 1.42. The van der Waals surface area contributed by atoms with E-state index < -0.39 is 0 Å². The highest BCUT2D eigenvalue weighted by Crippen LogP contribution is 2.32. The molecule has 0 bridgehead atoms. The van der Waals surface area contributed by atoms with E-state index in [2.05, 4.69) is 27.3 Å². The number of benzene rings is 1. The fourth-order valence-electron chi connectivity index (χ4n) is 4.72. The van der Waals surface area contributed by atoms with E-state index in [4.69, 9.17) is 0 Å². The van der Waals surface area contributed by atoms with E-state index in [9.17, 15) is 10.1 Å². The molecule has 5 heteroatoms. The van der Waals surface area contributed by atoms with Gasteiger partial charge in [-0.15, -0.1) is 0 Å². The number of pyridine rings is 1. The largest absolute Gasteiger partial charge is 0.347 e. The van der Waals surface area contributed by atoms with Gasteiger partial charge in [-0.3, -0.25) is 14.7 Å². The van der Waals surface area contributed by atoms with E-state index in [-0.39, 0.29) is 11.4 Å². The van der Waals surface area contributed by atoms with Crippen LogP contribution in [0.25, 0.3) is 0 Å². The lowest BCUT2D eigenvalue weighted by molar-refractivity contribution is 0.0840. The number of carbonyl (C=O) groups is 1. The summed E-state index contributed by atoms with van der Waals surface area (Å²) in [4.78, 5) is 19.4. The number of nitrogens with one attached hydrogen (secondary N) is 1. The highest BCUT2D eigenvalue weighted by atomic mass is 16.1. The molecule has 1 aliphatic heterocycles. The van der Waals surface area contributed by atoms with Crippen molar-refractivity contribution in [2.75, 3.05) is 13.1 Å². The van der Waals surface area contributed by atoms with Gasteiger partial charge >= 0.3 is 0 Å². The molecule has 0 unspecified atom stereocenters. The number of amides is 1. The first-order valence-corrected chi connectivity index (χ1v) is 10.6. The first kappa shape index (κ1) is 19.6. The second kappa shape index (κ2) is 8.75. The molecule has 2 aromatic rings. The summed E-state index contributed by atoms with van der Waals surface area (Å²) in [6.45, 7) is 2.88. The van der Waals surface area contributed by atoms with Crippen LogP contribution in [0.15, 0.2) is 42.7 Å². The first-order valence-electron chi connectivity index (χ1n) is 10.6. The normalized spacial score (nSPS) is 18.4. The molecule has 0 spiro atoms. The fourth-order valence-corrected chi connectivity index (χ4v) is 4.72. The van der Waals surface area contributed by atoms with Gasteiger partial charge in [-0.2, -0.15) is 5.26 Å². The topological polar surface area (TPSA) is 69.0 Å². The highest BCUT2D eigenvalue weighted by molar-refractivity contribution is 5.94. The Morgan fingerprint density at radius 2 is 2.07 bits per heavy atom. The smallest absolute Gasteiger partial charge is 0.253 e. The Morgan fingerprint density at radius 3 is 2.83 bits per heavy atom. The number of aromatic nitrogens is 1. The second-order valence-electron chi connectivity index (χ2n) is 8.41. The van der Waals surface area contributed by atoms with Gasteiger partial charge in [0, 0.05) is 37.6 Å². The van der Waals surface area contributed by atoms with E-state index in [1.165, 1.54) is 30.4 Å². The van der Waals surface area contributed by atoms with Gasteiger partial charge in [-0.05, 0) is 61.1 Å². The zero-order valence-electron chi connectivity index (χ0n) is 16.9. The van der Waals surface area contributed by atoms with Crippen molar-refractivity contribution in [3.05, 3.63) is 65.0 Å². The van der Waals surface area contributed by atoms with Crippen molar-refractivity contribution >= 4 is 5.91 Å². The molecule has 1 amide bonds. The third-order valence-electron chi connectivity index (χ3n) is 6.45. The van der Waals surface area contributed by atoms with E-state index in [1.54, 1.807) is 12.4 Å². The predicted molar refractivity (Wildman–Crippen MR) is 112 cm³/mol. The molecule has 1 aliphatic carbocycles. The first-order chi connectivity index (χ1) is 14.2. The molecule has 0 radical (unpaired) electrons. The number of nitrogens with zero attached hydrogens (tertiary/aromatic N) is 3. The molecule has 1 aromatic heterocycles. The second-order valence-corrected chi connectivity index (χ2v) is 8.41. The lowest BCUT2D eigenvalue weighted by Crippen LogP contribution is -2.51. The molecule has 150 valence electrons. The van der Waals surface area contributed by atoms with Gasteiger partial charge in [0.2, 0.25) is 0 Å². The zero-order valence-corrected chi connectivity index (χ0v) is 16.9. The molecule has 0 saturated heterocycles. The number of carbonyl (C=O) groups excluding carboxylic acids is 1. The van der Waals surface area contributed by atoms with Gasteiger partial charge in [0.1, 0.15) is 0 Å². The van der Waals surface area contributed by atoms with Crippen LogP contribution in [0.1, 0.15) is 65.6 Å². The molecular formula is C24H28N4O. The number of hydrogen-bond donors (Lipinski definition) is 1. The van der Waals surface area contributed by atoms with Crippen LogP contribution in [-0.2, 0) is 13.0 Å². The molecule has 4 rings (SSSR count). The number of rotatable bonds is 5. The molecule has 2 aliphatic rings. The van der Waals surface area contributed by atoms with Crippen LogP contribution < -0.4 is 5.32 Å². The van der Waals surface area contributed by atoms with E-state index in [0.29, 0.717) is 5.56 Å². The van der Waals surface area contributed by atoms with Crippen molar-refractivity contribution in [3.8, 4) is 6.07 Å². The summed E-state index contributed by atoms with van der Waals surface area (Å²) >= 11 is 0. The third kappa shape index (κ3) is 4.65. The molecule has 1 fully saturated rings. The molecule has 0 atom stereocenters. The minimum atomic E-state index is -0.125. The minimum absolute atomic E-state index is 0.0114. The molecular weight excluding hydrogens is 360 g/mol. The summed E-state index contributed by atoms with van der Waals surface area (Å²) in [7, 11) is 0. The number of nitriles is 1. The standard InChI is InChI=1S/C24H28N4O/c25-16-19-6-7-20-8-13-28(18-22(20)15-19)14-11-24(9-2-1-3-10-24)27-23(29)21-5-4-12-26-17-21/h4-7,12,15,17H,1-3,8-11,13-14,18H2,(H,27,29). The Kier molecular flexibility index (Phi) is 5.92. The van der Waals surface area contributed by atoms with Crippen molar-refractivity contribution < 1.29 is 4.79 Å². The Bertz CT molecular complexity index is 897. The highest BCUT2D eigenvalue weighted by Gasteiger charge is 2.34. The predicted octanol–water partition coefficient (Wildman–Crippen LogP) is 3.83. The molecule has 5 nitrogen and oxygen atoms in total. The third-order valence-corrected chi connectivity index (χ3v) is 6.45. The number of fused-ring (bicyclic) bond motifs is 1. The van der Waals surface area contributed by atoms with Gasteiger partial charge in [-0.25, -0.2) is 0 Å². The quantitative estimate of drug-likeness (QED) is 0.845. The van der Waals surface area contributed by atoms with Crippen molar-refractivity contribution in [1.29, 1.82) is 5.26 Å². The monoisotopic (exact) mass is 388 g/mol. The summed E-state index contributed by atoms with van der Waals surface area (Å²) in [5.41, 5.74) is 3.87. The van der Waals surface area contributed by atoms with E-state index in [0.717, 1.165) is 50.9 Å². The van der Waals surface area contributed by atoms with Gasteiger partial charge in [-0.1, -0.05) is 25.3 Å². The summed E-state index contributed by atoms with van der Waals surface area (Å²) in [6, 6.07) is 11.9. The number of hydrogen-bond acceptors (Lipinski definition) is 4. The molecule has 1 saturated carbocycles. The van der Waals surface area contributed by atoms with Gasteiger partial charge < -0.3 is 5.32 Å². The van der Waals surface area contributed by atoms with Crippen LogP contribution >= 0.6 is 0 Å². The van der Waals surface area contributed by atoms with Crippen molar-refractivity contribution in [2.24, 2.45) is 0 Å². The zero-order chi connectivity index (χ0) is 20.1. The van der Waals surface area contributed by atoms with Crippen LogP contribution in [0.5, 0.6) is 0 Å². The summed E-state index contributed by atoms with van der Waals surface area (Å²) in [6.07, 6.45) is 11.0. The van der Waals surface area contributed by atoms with E-state index in [1.807, 2.05) is 24.3 Å². The van der Waals surface area contributed by atoms with Crippen LogP contribution in [-0.4, -0.2) is 34.4 Å². The van der Waals surface area contributed by atoms with E-state index >= 15 is 0 Å². The van der Waals surface area contributed by atoms with Crippen molar-refractivity contribution in [2.45, 2.75) is 57.0 Å². The SMILES string of the molecule is N#Cc1ccc2c(c1)CN(CCC1(NC(=O)c3cccnc3)CCCCC1)CC2. The van der Waals surface area contributed by atoms with Gasteiger partial charge in [0.15, 0.2) is 0 Å². The molecule has 1 aromatic carbocycles. The lowest BCUT2D eigenvalue weighted by Gasteiger charge is -2.40. The van der Waals surface area contributed by atoms with Crippen LogP contribution in [0.3, 0.4) is 0 Å². The average Bonchev–Trinajstić information content (AvgIpc) is 2.78. The Labute approximate surface area is 172 Å². The maximum atomic E-state index is 12.8. The van der Waals surface area contributed by atoms with Crippen LogP contribution in [0.2, 0.25) is 0 Å². The fraction of sp³-hybridized carbons (Fsp3) is 0.458. The van der Waals surface area contributed by atoms with Crippen LogP contribution in [0.4, 0.5) is 0 Å². The minimum Gasteiger partial charge on any atom is -0.347 e. The van der Waals surface area contributed by atoms with Gasteiger partial charge in [0.05, 0.1) is 17.2 Å². The Hall–Kier alpha value is -2.71. The summed E-state index contributed by atoms with van der Waals surface area (Å²) in [5.74, 6) is -0.0114. The lowest BCUT2D eigenvalue weighted by atomic mass is 9.78. The average molecular weight is 389 g/mol. The maximum absolute atomic E-state index is 12.8. The van der Waals surface area contributed by atoms with Crippen LogP contribution in [0, 0.1) is 11.3 Å². The summed E-state index contributed by atoms with van der Waals surface area (Å²) < 4.78 is 0. The molecule has 2 heterocycles. The summed E-state index contributed by atoms with van der Waals surface area (Å²) in [5, 5.41) is 12.6.